The molecular formula is C13H22N2O6. The summed E-state index contributed by atoms with van der Waals surface area (Å²) in [6, 6.07) is -1.00. The minimum absolute atomic E-state index is 0.0812. The zero-order valence-electron chi connectivity index (χ0n) is 12.7. The Hall–Kier alpha value is -2.12. The molecule has 0 rings (SSSR count). The molecule has 0 aliphatic carbocycles. The molecule has 2 N–H and O–H groups in total. The van der Waals surface area contributed by atoms with Crippen LogP contribution in [0.4, 0.5) is 4.79 Å². The highest BCUT2D eigenvalue weighted by molar-refractivity contribution is 5.95. The molecule has 0 saturated carbocycles. The van der Waals surface area contributed by atoms with E-state index < -0.39 is 23.9 Å². The number of rotatable bonds is 7. The van der Waals surface area contributed by atoms with E-state index in [0.717, 1.165) is 4.90 Å². The molecule has 120 valence electrons. The quantitative estimate of drug-likeness (QED) is 0.666. The van der Waals surface area contributed by atoms with E-state index in [0.29, 0.717) is 0 Å². The number of imide groups is 1. The summed E-state index contributed by atoms with van der Waals surface area (Å²) in [5, 5.41) is 10.8. The Kier molecular flexibility index (Phi) is 8.03. The van der Waals surface area contributed by atoms with Crippen LogP contribution in [0.1, 0.15) is 33.6 Å². The van der Waals surface area contributed by atoms with E-state index in [1.165, 1.54) is 7.11 Å². The van der Waals surface area contributed by atoms with Crippen molar-refractivity contribution >= 4 is 23.9 Å². The van der Waals surface area contributed by atoms with E-state index in [1.807, 2.05) is 0 Å². The van der Waals surface area contributed by atoms with Gasteiger partial charge in [-0.15, -0.1) is 0 Å². The highest BCUT2D eigenvalue weighted by Crippen LogP contribution is 2.07. The number of amides is 3. The van der Waals surface area contributed by atoms with Crippen molar-refractivity contribution in [1.82, 2.24) is 10.2 Å². The fourth-order valence-electron chi connectivity index (χ4n) is 1.62. The van der Waals surface area contributed by atoms with E-state index in [-0.39, 0.29) is 31.3 Å². The summed E-state index contributed by atoms with van der Waals surface area (Å²) < 4.78 is 4.48. The number of carbonyl (C=O) groups is 4. The maximum Gasteiger partial charge on any atom is 0.325 e. The predicted molar refractivity (Wildman–Crippen MR) is 73.4 cm³/mol. The molecule has 21 heavy (non-hydrogen) atoms. The smallest absolute Gasteiger partial charge is 0.325 e. The van der Waals surface area contributed by atoms with Crippen molar-refractivity contribution in [2.45, 2.75) is 39.7 Å². The van der Waals surface area contributed by atoms with Crippen LogP contribution in [0.3, 0.4) is 0 Å². The average molecular weight is 302 g/mol. The Morgan fingerprint density at radius 1 is 1.14 bits per heavy atom. The second-order valence-corrected chi connectivity index (χ2v) is 5.06. The van der Waals surface area contributed by atoms with Gasteiger partial charge in [-0.3, -0.25) is 19.7 Å². The first kappa shape index (κ1) is 18.9. The van der Waals surface area contributed by atoms with Crippen LogP contribution < -0.4 is 5.32 Å². The molecule has 0 fully saturated rings. The van der Waals surface area contributed by atoms with Crippen LogP contribution in [0.25, 0.3) is 0 Å². The molecule has 0 saturated heterocycles. The van der Waals surface area contributed by atoms with Crippen LogP contribution in [0.5, 0.6) is 0 Å². The molecule has 1 unspecified atom stereocenters. The fraction of sp³-hybridized carbons (Fsp3) is 0.692. The van der Waals surface area contributed by atoms with Crippen molar-refractivity contribution in [1.29, 1.82) is 0 Å². The topological polar surface area (TPSA) is 113 Å². The Bertz CT molecular complexity index is 407. The van der Waals surface area contributed by atoms with Gasteiger partial charge in [0.25, 0.3) is 0 Å². The number of urea groups is 1. The number of esters is 1. The van der Waals surface area contributed by atoms with Gasteiger partial charge in [0.15, 0.2) is 0 Å². The Morgan fingerprint density at radius 2 is 1.71 bits per heavy atom. The SMILES string of the molecule is COC(=O)CN(C(=O)NC(=O)CC(C)CC(=O)O)C(C)C. The van der Waals surface area contributed by atoms with Gasteiger partial charge in [-0.2, -0.15) is 0 Å². The van der Waals surface area contributed by atoms with Gasteiger partial charge in [-0.05, 0) is 19.8 Å². The zero-order valence-corrected chi connectivity index (χ0v) is 12.7. The third-order valence-corrected chi connectivity index (χ3v) is 2.71. The number of aliphatic carboxylic acids is 1. The van der Waals surface area contributed by atoms with E-state index in [1.54, 1.807) is 20.8 Å². The van der Waals surface area contributed by atoms with Gasteiger partial charge in [-0.1, -0.05) is 6.92 Å². The summed E-state index contributed by atoms with van der Waals surface area (Å²) in [5.41, 5.74) is 0. The molecule has 0 aliphatic rings. The first-order chi connectivity index (χ1) is 9.67. The molecule has 8 nitrogen and oxygen atoms in total. The lowest BCUT2D eigenvalue weighted by Gasteiger charge is -2.25. The molecule has 0 aliphatic heterocycles. The van der Waals surface area contributed by atoms with Gasteiger partial charge in [0.05, 0.1) is 7.11 Å². The predicted octanol–water partition coefficient (Wildman–Crippen LogP) is 0.607. The van der Waals surface area contributed by atoms with Crippen molar-refractivity contribution in [3.8, 4) is 0 Å². The van der Waals surface area contributed by atoms with Crippen molar-refractivity contribution < 1.29 is 29.0 Å². The van der Waals surface area contributed by atoms with Crippen molar-refractivity contribution in [2.75, 3.05) is 13.7 Å². The number of hydrogen-bond acceptors (Lipinski definition) is 5. The summed E-state index contributed by atoms with van der Waals surface area (Å²) >= 11 is 0. The monoisotopic (exact) mass is 302 g/mol. The summed E-state index contributed by atoms with van der Waals surface area (Å²) in [7, 11) is 1.21. The molecule has 0 bridgehead atoms. The average Bonchev–Trinajstić information content (AvgIpc) is 2.33. The number of carboxylic acids is 1. The van der Waals surface area contributed by atoms with Crippen LogP contribution in [0, 0.1) is 5.92 Å². The number of methoxy groups -OCH3 is 1. The maximum absolute atomic E-state index is 11.9. The number of carbonyl (C=O) groups excluding carboxylic acids is 3. The van der Waals surface area contributed by atoms with E-state index in [9.17, 15) is 19.2 Å². The lowest BCUT2D eigenvalue weighted by atomic mass is 10.0. The number of carboxylic acid groups (broad SMARTS) is 1. The molecule has 8 heteroatoms. The standard InChI is InChI=1S/C13H22N2O6/c1-8(2)15(7-12(19)21-4)13(20)14-10(16)5-9(3)6-11(17)18/h8-9H,5-7H2,1-4H3,(H,17,18)(H,14,16,20). The Balaban J connectivity index is 4.51. The fourth-order valence-corrected chi connectivity index (χ4v) is 1.62. The lowest BCUT2D eigenvalue weighted by Crippen LogP contribution is -2.48. The van der Waals surface area contributed by atoms with Crippen LogP contribution in [0.2, 0.25) is 0 Å². The van der Waals surface area contributed by atoms with Crippen molar-refractivity contribution in [3.05, 3.63) is 0 Å². The molecular weight excluding hydrogens is 280 g/mol. The third-order valence-electron chi connectivity index (χ3n) is 2.71. The number of ether oxygens (including phenoxy) is 1. The molecule has 0 aromatic rings. The second-order valence-electron chi connectivity index (χ2n) is 5.06. The first-order valence-electron chi connectivity index (χ1n) is 6.56. The van der Waals surface area contributed by atoms with Gasteiger partial charge in [0.1, 0.15) is 6.54 Å². The third kappa shape index (κ3) is 7.91. The number of nitrogens with zero attached hydrogens (tertiary/aromatic N) is 1. The summed E-state index contributed by atoms with van der Waals surface area (Å²) in [4.78, 5) is 46.5. The van der Waals surface area contributed by atoms with E-state index >= 15 is 0 Å². The number of hydrogen-bond donors (Lipinski definition) is 2. The highest BCUT2D eigenvalue weighted by Gasteiger charge is 2.23. The largest absolute Gasteiger partial charge is 0.481 e. The van der Waals surface area contributed by atoms with Crippen molar-refractivity contribution in [2.24, 2.45) is 5.92 Å². The minimum Gasteiger partial charge on any atom is -0.481 e. The maximum atomic E-state index is 11.9. The first-order valence-corrected chi connectivity index (χ1v) is 6.56. The van der Waals surface area contributed by atoms with Gasteiger partial charge in [-0.25, -0.2) is 4.79 Å². The molecule has 1 atom stereocenters. The zero-order chi connectivity index (χ0) is 16.6. The molecule has 0 aromatic heterocycles. The molecule has 0 aromatic carbocycles. The molecule has 0 radical (unpaired) electrons. The lowest BCUT2D eigenvalue weighted by molar-refractivity contribution is -0.142. The molecule has 0 spiro atoms. The molecule has 0 heterocycles. The van der Waals surface area contributed by atoms with Gasteiger partial charge in [0.2, 0.25) is 5.91 Å². The van der Waals surface area contributed by atoms with Gasteiger partial charge < -0.3 is 14.7 Å². The summed E-state index contributed by atoms with van der Waals surface area (Å²) in [6.07, 6.45) is -0.236. The van der Waals surface area contributed by atoms with Gasteiger partial charge >= 0.3 is 18.0 Å². The highest BCUT2D eigenvalue weighted by atomic mass is 16.5. The second kappa shape index (κ2) is 8.93. The normalized spacial score (nSPS) is 11.7. The summed E-state index contributed by atoms with van der Waals surface area (Å²) in [6.45, 7) is 4.73. The molecule has 3 amide bonds. The van der Waals surface area contributed by atoms with Crippen molar-refractivity contribution in [3.63, 3.8) is 0 Å². The van der Waals surface area contributed by atoms with E-state index in [2.05, 4.69) is 10.1 Å². The Morgan fingerprint density at radius 3 is 2.14 bits per heavy atom. The van der Waals surface area contributed by atoms with Gasteiger partial charge in [0, 0.05) is 18.9 Å². The Labute approximate surface area is 123 Å². The summed E-state index contributed by atoms with van der Waals surface area (Å²) in [5.74, 6) is -2.56. The van der Waals surface area contributed by atoms with Crippen LogP contribution in [-0.4, -0.2) is 53.6 Å². The minimum atomic E-state index is -1.00. The van der Waals surface area contributed by atoms with E-state index in [4.69, 9.17) is 5.11 Å². The van der Waals surface area contributed by atoms with Crippen LogP contribution >= 0.6 is 0 Å². The van der Waals surface area contributed by atoms with Crippen LogP contribution in [0.15, 0.2) is 0 Å². The van der Waals surface area contributed by atoms with Crippen LogP contribution in [-0.2, 0) is 19.1 Å². The number of nitrogens with one attached hydrogen (secondary N) is 1.